The maximum absolute atomic E-state index is 12.9. The van der Waals surface area contributed by atoms with Gasteiger partial charge in [-0.2, -0.15) is 0 Å². The van der Waals surface area contributed by atoms with Crippen LogP contribution < -0.4 is 15.6 Å². The Bertz CT molecular complexity index is 1110. The van der Waals surface area contributed by atoms with Crippen LogP contribution in [0.1, 0.15) is 33.1 Å². The molecule has 3 aromatic rings. The lowest BCUT2D eigenvalue weighted by Gasteiger charge is -2.08. The molecular formula is C20H26N4O3S. The van der Waals surface area contributed by atoms with Crippen LogP contribution in [-0.2, 0) is 11.3 Å². The zero-order valence-corrected chi connectivity index (χ0v) is 17.2. The summed E-state index contributed by atoms with van der Waals surface area (Å²) in [6, 6.07) is 5.57. The minimum Gasteiger partial charge on any atom is -0.497 e. The number of rotatable bonds is 8. The van der Waals surface area contributed by atoms with Crippen molar-refractivity contribution in [2.24, 2.45) is 5.92 Å². The molecule has 7 nitrogen and oxygen atoms in total. The molecule has 0 spiro atoms. The summed E-state index contributed by atoms with van der Waals surface area (Å²) in [6.45, 7) is 5.31. The number of H-pyrrole nitrogens is 2. The predicted molar refractivity (Wildman–Crippen MR) is 114 cm³/mol. The second-order valence-corrected chi connectivity index (χ2v) is 7.70. The van der Waals surface area contributed by atoms with Gasteiger partial charge in [-0.25, -0.2) is 0 Å². The Morgan fingerprint density at radius 3 is 2.79 bits per heavy atom. The van der Waals surface area contributed by atoms with E-state index in [-0.39, 0.29) is 11.5 Å². The molecule has 28 heavy (non-hydrogen) atoms. The molecule has 2 heterocycles. The van der Waals surface area contributed by atoms with E-state index in [0.29, 0.717) is 53.4 Å². The number of hydrogen-bond donors (Lipinski definition) is 3. The third-order valence-electron chi connectivity index (χ3n) is 4.77. The number of hydrogen-bond acceptors (Lipinski definition) is 4. The maximum Gasteiger partial charge on any atom is 0.278 e. The molecule has 0 fully saturated rings. The first-order chi connectivity index (χ1) is 13.4. The van der Waals surface area contributed by atoms with Crippen LogP contribution in [0.15, 0.2) is 23.0 Å². The van der Waals surface area contributed by atoms with Gasteiger partial charge in [0.2, 0.25) is 5.91 Å². The quantitative estimate of drug-likeness (QED) is 0.503. The highest BCUT2D eigenvalue weighted by Crippen LogP contribution is 2.25. The van der Waals surface area contributed by atoms with Gasteiger partial charge in [-0.05, 0) is 49.2 Å². The summed E-state index contributed by atoms with van der Waals surface area (Å²) in [7, 11) is 1.60. The van der Waals surface area contributed by atoms with Crippen LogP contribution in [0.4, 0.5) is 0 Å². The van der Waals surface area contributed by atoms with E-state index in [1.807, 2.05) is 18.2 Å². The van der Waals surface area contributed by atoms with Crippen LogP contribution in [0.5, 0.6) is 5.75 Å². The van der Waals surface area contributed by atoms with E-state index in [4.69, 9.17) is 17.0 Å². The van der Waals surface area contributed by atoms with Crippen molar-refractivity contribution in [1.29, 1.82) is 0 Å². The molecular weight excluding hydrogens is 376 g/mol. The van der Waals surface area contributed by atoms with Gasteiger partial charge < -0.3 is 20.0 Å². The molecule has 0 unspecified atom stereocenters. The van der Waals surface area contributed by atoms with Crippen molar-refractivity contribution in [2.75, 3.05) is 13.7 Å². The summed E-state index contributed by atoms with van der Waals surface area (Å²) in [5.74, 6) is 1.27. The number of fused-ring (bicyclic) bond motifs is 3. The molecule has 0 aliphatic rings. The number of nitrogens with one attached hydrogen (secondary N) is 3. The number of aromatic nitrogens is 3. The fourth-order valence-corrected chi connectivity index (χ4v) is 3.46. The summed E-state index contributed by atoms with van der Waals surface area (Å²) in [6.07, 6.45) is 1.87. The molecule has 0 aliphatic heterocycles. The molecule has 1 amide bonds. The summed E-state index contributed by atoms with van der Waals surface area (Å²) in [5.41, 5.74) is 1.79. The van der Waals surface area contributed by atoms with Gasteiger partial charge in [-0.15, -0.1) is 0 Å². The molecule has 8 heteroatoms. The minimum atomic E-state index is -0.186. The topological polar surface area (TPSA) is 91.9 Å². The Labute approximate surface area is 168 Å². The highest BCUT2D eigenvalue weighted by molar-refractivity contribution is 7.71. The van der Waals surface area contributed by atoms with Crippen LogP contribution in [0.3, 0.4) is 0 Å². The lowest BCUT2D eigenvalue weighted by atomic mass is 10.1. The summed E-state index contributed by atoms with van der Waals surface area (Å²) in [4.78, 5) is 31.1. The molecule has 3 rings (SSSR count). The van der Waals surface area contributed by atoms with Gasteiger partial charge in [0, 0.05) is 30.4 Å². The third kappa shape index (κ3) is 4.27. The Hall–Kier alpha value is -2.61. The van der Waals surface area contributed by atoms with Crippen molar-refractivity contribution in [3.05, 3.63) is 33.3 Å². The van der Waals surface area contributed by atoms with Gasteiger partial charge in [0.05, 0.1) is 12.6 Å². The zero-order chi connectivity index (χ0) is 20.3. The first kappa shape index (κ1) is 20.1. The number of amides is 1. The first-order valence-corrected chi connectivity index (χ1v) is 9.90. The van der Waals surface area contributed by atoms with Crippen molar-refractivity contribution in [3.8, 4) is 5.75 Å². The van der Waals surface area contributed by atoms with Crippen molar-refractivity contribution in [2.45, 2.75) is 39.7 Å². The van der Waals surface area contributed by atoms with Gasteiger partial charge in [0.25, 0.3) is 5.56 Å². The lowest BCUT2D eigenvalue weighted by molar-refractivity contribution is -0.121. The fraction of sp³-hybridized carbons (Fsp3) is 0.450. The number of aromatic amines is 2. The smallest absolute Gasteiger partial charge is 0.278 e. The molecule has 3 N–H and O–H groups in total. The highest BCUT2D eigenvalue weighted by atomic mass is 32.1. The lowest BCUT2D eigenvalue weighted by Crippen LogP contribution is -2.26. The number of benzene rings is 1. The molecule has 1 aromatic carbocycles. The highest BCUT2D eigenvalue weighted by Gasteiger charge is 2.12. The third-order valence-corrected chi connectivity index (χ3v) is 5.09. The van der Waals surface area contributed by atoms with Gasteiger partial charge in [-0.1, -0.05) is 13.8 Å². The van der Waals surface area contributed by atoms with E-state index in [9.17, 15) is 9.59 Å². The molecule has 150 valence electrons. The summed E-state index contributed by atoms with van der Waals surface area (Å²) < 4.78 is 7.12. The Morgan fingerprint density at radius 1 is 1.29 bits per heavy atom. The Kier molecular flexibility index (Phi) is 6.18. The van der Waals surface area contributed by atoms with Crippen molar-refractivity contribution >= 4 is 40.1 Å². The molecule has 0 bridgehead atoms. The predicted octanol–water partition coefficient (Wildman–Crippen LogP) is 3.49. The van der Waals surface area contributed by atoms with Gasteiger partial charge in [-0.3, -0.25) is 14.2 Å². The Morgan fingerprint density at radius 2 is 2.07 bits per heavy atom. The number of carbonyl (C=O) groups is 1. The van der Waals surface area contributed by atoms with Crippen molar-refractivity contribution < 1.29 is 9.53 Å². The maximum atomic E-state index is 12.9. The van der Waals surface area contributed by atoms with Gasteiger partial charge in [0.15, 0.2) is 4.77 Å². The minimum absolute atomic E-state index is 0.00221. The van der Waals surface area contributed by atoms with E-state index in [1.54, 1.807) is 7.11 Å². The summed E-state index contributed by atoms with van der Waals surface area (Å²) >= 11 is 5.40. The second-order valence-electron chi connectivity index (χ2n) is 7.31. The SMILES string of the molecule is COc1ccc2[nH]c3c(=O)n(CCCC(=O)NCCC(C)C)c(=S)[nH]c3c2c1. The van der Waals surface area contributed by atoms with Crippen LogP contribution in [0.2, 0.25) is 0 Å². The Balaban J connectivity index is 1.77. The van der Waals surface area contributed by atoms with E-state index < -0.39 is 0 Å². The average Bonchev–Trinajstić information content (AvgIpc) is 3.02. The fourth-order valence-electron chi connectivity index (χ4n) is 3.18. The van der Waals surface area contributed by atoms with Crippen LogP contribution >= 0.6 is 12.2 Å². The molecule has 0 atom stereocenters. The molecule has 2 aromatic heterocycles. The van der Waals surface area contributed by atoms with E-state index in [2.05, 4.69) is 29.1 Å². The van der Waals surface area contributed by atoms with E-state index in [0.717, 1.165) is 17.3 Å². The van der Waals surface area contributed by atoms with Gasteiger partial charge >= 0.3 is 0 Å². The average molecular weight is 403 g/mol. The number of nitrogens with zero attached hydrogens (tertiary/aromatic N) is 1. The standard InChI is InChI=1S/C20H26N4O3S/c1-12(2)8-9-21-16(25)5-4-10-24-19(26)18-17(23-20(24)28)14-11-13(27-3)6-7-15(14)22-18/h6-7,11-12,22H,4-5,8-10H2,1-3H3,(H,21,25)(H,23,28). The monoisotopic (exact) mass is 402 g/mol. The molecule has 0 radical (unpaired) electrons. The van der Waals surface area contributed by atoms with E-state index >= 15 is 0 Å². The van der Waals surface area contributed by atoms with Gasteiger partial charge in [0.1, 0.15) is 11.3 Å². The molecule has 0 aliphatic carbocycles. The number of methoxy groups -OCH3 is 1. The van der Waals surface area contributed by atoms with E-state index in [1.165, 1.54) is 4.57 Å². The summed E-state index contributed by atoms with van der Waals surface area (Å²) in [5, 5.41) is 3.77. The van der Waals surface area contributed by atoms with Crippen molar-refractivity contribution in [1.82, 2.24) is 19.9 Å². The first-order valence-electron chi connectivity index (χ1n) is 9.50. The zero-order valence-electron chi connectivity index (χ0n) is 16.4. The number of carbonyl (C=O) groups excluding carboxylic acids is 1. The molecule has 0 saturated heterocycles. The van der Waals surface area contributed by atoms with Crippen LogP contribution in [0, 0.1) is 10.7 Å². The second kappa shape index (κ2) is 8.60. The van der Waals surface area contributed by atoms with Crippen LogP contribution in [0.25, 0.3) is 21.9 Å². The normalized spacial score (nSPS) is 11.4. The number of ether oxygens (including phenoxy) is 1. The molecule has 0 saturated carbocycles. The van der Waals surface area contributed by atoms with Crippen molar-refractivity contribution in [3.63, 3.8) is 0 Å². The largest absolute Gasteiger partial charge is 0.497 e. The van der Waals surface area contributed by atoms with Crippen LogP contribution in [-0.4, -0.2) is 34.1 Å².